The molecule has 0 saturated heterocycles. The minimum absolute atomic E-state index is 0.276. The summed E-state index contributed by atoms with van der Waals surface area (Å²) in [5.41, 5.74) is 2.81. The van der Waals surface area contributed by atoms with Crippen LogP contribution in [-0.4, -0.2) is 32.5 Å². The van der Waals surface area contributed by atoms with Crippen LogP contribution in [0.4, 0.5) is 5.82 Å². The molecule has 0 atom stereocenters. The third-order valence-corrected chi connectivity index (χ3v) is 5.10. The molecule has 1 aromatic carbocycles. The first-order chi connectivity index (χ1) is 14.7. The van der Waals surface area contributed by atoms with E-state index in [0.717, 1.165) is 22.0 Å². The number of hydrogen-bond donors (Lipinski definition) is 1. The highest BCUT2D eigenvalue weighted by Gasteiger charge is 2.17. The molecule has 1 N–H and O–H groups in total. The van der Waals surface area contributed by atoms with E-state index in [9.17, 15) is 4.79 Å². The van der Waals surface area contributed by atoms with Gasteiger partial charge in [0.25, 0.3) is 0 Å². The number of anilines is 1. The average Bonchev–Trinajstić information content (AvgIpc) is 3.28. The lowest BCUT2D eigenvalue weighted by atomic mass is 10.2. The van der Waals surface area contributed by atoms with Crippen molar-refractivity contribution in [1.29, 1.82) is 0 Å². The number of aromatic nitrogens is 4. The van der Waals surface area contributed by atoms with Crippen molar-refractivity contribution in [2.24, 2.45) is 0 Å². The van der Waals surface area contributed by atoms with Crippen LogP contribution < -0.4 is 5.32 Å². The molecular formula is C22H19N5O2S. The first-order valence-electron chi connectivity index (χ1n) is 9.44. The maximum Gasteiger partial charge on any atom is 0.343 e. The Morgan fingerprint density at radius 2 is 1.90 bits per heavy atom. The predicted molar refractivity (Wildman–Crippen MR) is 116 cm³/mol. The van der Waals surface area contributed by atoms with E-state index in [1.165, 1.54) is 17.5 Å². The molecule has 0 radical (unpaired) electrons. The highest BCUT2D eigenvalue weighted by Crippen LogP contribution is 2.23. The lowest BCUT2D eigenvalue weighted by molar-refractivity contribution is 0.0526. The van der Waals surface area contributed by atoms with Gasteiger partial charge in [-0.05, 0) is 19.1 Å². The number of carbonyl (C=O) groups excluding carboxylic acids is 1. The van der Waals surface area contributed by atoms with Crippen molar-refractivity contribution in [3.05, 3.63) is 77.6 Å². The molecule has 0 amide bonds. The maximum atomic E-state index is 12.3. The number of ether oxygens (including phenoxy) is 1. The van der Waals surface area contributed by atoms with Gasteiger partial charge in [-0.25, -0.2) is 19.7 Å². The minimum Gasteiger partial charge on any atom is -0.462 e. The highest BCUT2D eigenvalue weighted by molar-refractivity contribution is 7.13. The standard InChI is InChI=1S/C22H19N5O2S/c1-2-29-22(28)17-13-25-19(15-8-4-3-5-9-15)27-20(17)24-12-16-14-30-21(26-16)18-10-6-7-11-23-18/h3-11,13-14H,2,12H2,1H3,(H,24,25,27). The predicted octanol–water partition coefficient (Wildman–Crippen LogP) is 4.45. The largest absolute Gasteiger partial charge is 0.462 e. The van der Waals surface area contributed by atoms with Gasteiger partial charge in [0.2, 0.25) is 0 Å². The van der Waals surface area contributed by atoms with E-state index in [2.05, 4.69) is 25.3 Å². The van der Waals surface area contributed by atoms with Crippen LogP contribution in [0.3, 0.4) is 0 Å². The fourth-order valence-corrected chi connectivity index (χ4v) is 3.57. The van der Waals surface area contributed by atoms with Crippen LogP contribution in [-0.2, 0) is 11.3 Å². The minimum atomic E-state index is -0.466. The third-order valence-electron chi connectivity index (χ3n) is 4.19. The monoisotopic (exact) mass is 417 g/mol. The highest BCUT2D eigenvalue weighted by atomic mass is 32.1. The molecule has 0 aliphatic carbocycles. The van der Waals surface area contributed by atoms with Crippen LogP contribution in [0.1, 0.15) is 23.0 Å². The molecule has 0 aliphatic rings. The topological polar surface area (TPSA) is 89.9 Å². The summed E-state index contributed by atoms with van der Waals surface area (Å²) in [6.07, 6.45) is 3.24. The van der Waals surface area contributed by atoms with Gasteiger partial charge in [-0.15, -0.1) is 11.3 Å². The van der Waals surface area contributed by atoms with E-state index in [-0.39, 0.29) is 12.2 Å². The van der Waals surface area contributed by atoms with Crippen molar-refractivity contribution in [3.63, 3.8) is 0 Å². The molecule has 4 rings (SSSR count). The Hall–Kier alpha value is -3.65. The van der Waals surface area contributed by atoms with Gasteiger partial charge in [-0.3, -0.25) is 4.98 Å². The second kappa shape index (κ2) is 9.23. The Balaban J connectivity index is 1.58. The maximum absolute atomic E-state index is 12.3. The summed E-state index contributed by atoms with van der Waals surface area (Å²) in [6.45, 7) is 2.44. The van der Waals surface area contributed by atoms with Gasteiger partial charge in [-0.2, -0.15) is 0 Å². The molecule has 8 heteroatoms. The molecule has 0 aliphatic heterocycles. The van der Waals surface area contributed by atoms with Crippen LogP contribution in [0, 0.1) is 0 Å². The molecule has 3 heterocycles. The Morgan fingerprint density at radius 1 is 1.07 bits per heavy atom. The Morgan fingerprint density at radius 3 is 2.67 bits per heavy atom. The summed E-state index contributed by atoms with van der Waals surface area (Å²) < 4.78 is 5.15. The molecule has 0 bridgehead atoms. The number of nitrogens with zero attached hydrogens (tertiary/aromatic N) is 4. The molecule has 30 heavy (non-hydrogen) atoms. The molecule has 4 aromatic rings. The van der Waals surface area contributed by atoms with Crippen LogP contribution in [0.2, 0.25) is 0 Å². The van der Waals surface area contributed by atoms with Crippen molar-refractivity contribution >= 4 is 23.1 Å². The SMILES string of the molecule is CCOC(=O)c1cnc(-c2ccccc2)nc1NCc1csc(-c2ccccn2)n1. The van der Waals surface area contributed by atoms with Gasteiger partial charge in [0.15, 0.2) is 5.82 Å². The van der Waals surface area contributed by atoms with Crippen LogP contribution in [0.5, 0.6) is 0 Å². The summed E-state index contributed by atoms with van der Waals surface area (Å²) >= 11 is 1.52. The zero-order valence-electron chi connectivity index (χ0n) is 16.3. The smallest absolute Gasteiger partial charge is 0.343 e. The lowest BCUT2D eigenvalue weighted by Crippen LogP contribution is -2.13. The molecule has 150 valence electrons. The summed E-state index contributed by atoms with van der Waals surface area (Å²) in [4.78, 5) is 30.2. The zero-order chi connectivity index (χ0) is 20.8. The van der Waals surface area contributed by atoms with E-state index in [1.807, 2.05) is 53.9 Å². The van der Waals surface area contributed by atoms with Gasteiger partial charge < -0.3 is 10.1 Å². The van der Waals surface area contributed by atoms with Gasteiger partial charge in [0, 0.05) is 23.3 Å². The quantitative estimate of drug-likeness (QED) is 0.444. The van der Waals surface area contributed by atoms with Crippen LogP contribution >= 0.6 is 11.3 Å². The number of pyridine rings is 1. The van der Waals surface area contributed by atoms with Gasteiger partial charge >= 0.3 is 5.97 Å². The van der Waals surface area contributed by atoms with Crippen molar-refractivity contribution in [1.82, 2.24) is 19.9 Å². The van der Waals surface area contributed by atoms with Crippen LogP contribution in [0.25, 0.3) is 22.1 Å². The second-order valence-corrected chi connectivity index (χ2v) is 7.11. The van der Waals surface area contributed by atoms with E-state index in [4.69, 9.17) is 4.74 Å². The Kier molecular flexibility index (Phi) is 6.05. The van der Waals surface area contributed by atoms with E-state index in [0.29, 0.717) is 18.2 Å². The normalized spacial score (nSPS) is 10.6. The molecule has 0 fully saturated rings. The number of benzene rings is 1. The fourth-order valence-electron chi connectivity index (χ4n) is 2.77. The molecule has 7 nitrogen and oxygen atoms in total. The van der Waals surface area contributed by atoms with Crippen LogP contribution in [0.15, 0.2) is 66.3 Å². The summed E-state index contributed by atoms with van der Waals surface area (Å²) in [5.74, 6) is 0.473. The fraction of sp³-hybridized carbons (Fsp3) is 0.136. The molecule has 0 spiro atoms. The van der Waals surface area contributed by atoms with E-state index >= 15 is 0 Å². The van der Waals surface area contributed by atoms with Gasteiger partial charge in [-0.1, -0.05) is 36.4 Å². The van der Waals surface area contributed by atoms with E-state index in [1.54, 1.807) is 13.1 Å². The summed E-state index contributed by atoms with van der Waals surface area (Å²) in [6, 6.07) is 15.3. The second-order valence-electron chi connectivity index (χ2n) is 6.25. The number of thiazole rings is 1. The van der Waals surface area contributed by atoms with Crippen molar-refractivity contribution < 1.29 is 9.53 Å². The molecular weight excluding hydrogens is 398 g/mol. The molecule has 0 saturated carbocycles. The number of esters is 1. The van der Waals surface area contributed by atoms with E-state index < -0.39 is 5.97 Å². The number of carbonyl (C=O) groups is 1. The average molecular weight is 417 g/mol. The first-order valence-corrected chi connectivity index (χ1v) is 10.3. The lowest BCUT2D eigenvalue weighted by Gasteiger charge is -2.11. The zero-order valence-corrected chi connectivity index (χ0v) is 17.1. The van der Waals surface area contributed by atoms with Crippen molar-refractivity contribution in [3.8, 4) is 22.1 Å². The Bertz CT molecular complexity index is 1130. The number of nitrogens with one attached hydrogen (secondary N) is 1. The molecule has 3 aromatic heterocycles. The van der Waals surface area contributed by atoms with Gasteiger partial charge in [0.1, 0.15) is 16.4 Å². The third kappa shape index (κ3) is 4.49. The van der Waals surface area contributed by atoms with Gasteiger partial charge in [0.05, 0.1) is 24.5 Å². The number of hydrogen-bond acceptors (Lipinski definition) is 8. The number of rotatable bonds is 7. The molecule has 0 unspecified atom stereocenters. The Labute approximate surface area is 177 Å². The van der Waals surface area contributed by atoms with Crippen molar-refractivity contribution in [2.45, 2.75) is 13.5 Å². The summed E-state index contributed by atoms with van der Waals surface area (Å²) in [7, 11) is 0. The first kappa shape index (κ1) is 19.7. The van der Waals surface area contributed by atoms with Crippen molar-refractivity contribution in [2.75, 3.05) is 11.9 Å². The summed E-state index contributed by atoms with van der Waals surface area (Å²) in [5, 5.41) is 6.01.